The minimum Gasteiger partial charge on any atom is -0.372 e. The molecule has 0 radical (unpaired) electrons. The molecule has 1 aromatic carbocycles. The number of nitrogens with zero attached hydrogens (tertiary/aromatic N) is 4. The number of rotatable bonds is 5. The van der Waals surface area contributed by atoms with E-state index in [1.807, 2.05) is 18.7 Å². The minimum absolute atomic E-state index is 0.0715. The Morgan fingerprint density at radius 3 is 2.70 bits per heavy atom. The number of nitro groups is 1. The van der Waals surface area contributed by atoms with Crippen molar-refractivity contribution in [3.63, 3.8) is 0 Å². The van der Waals surface area contributed by atoms with Crippen molar-refractivity contribution in [3.05, 3.63) is 51.0 Å². The third-order valence-corrected chi connectivity index (χ3v) is 4.52. The van der Waals surface area contributed by atoms with Gasteiger partial charge in [-0.1, -0.05) is 17.7 Å². The molecule has 0 spiro atoms. The van der Waals surface area contributed by atoms with Crippen LogP contribution < -0.4 is 10.2 Å². The molecule has 1 saturated heterocycles. The van der Waals surface area contributed by atoms with Gasteiger partial charge in [0.2, 0.25) is 11.6 Å². The Bertz CT molecular complexity index is 843. The number of nitrogens with one attached hydrogen (secondary N) is 1. The molecule has 144 valence electrons. The van der Waals surface area contributed by atoms with Gasteiger partial charge in [-0.15, -0.1) is 0 Å². The van der Waals surface area contributed by atoms with Crippen LogP contribution in [0, 0.1) is 15.9 Å². The zero-order valence-corrected chi connectivity index (χ0v) is 15.6. The summed E-state index contributed by atoms with van der Waals surface area (Å²) >= 11 is 6.01. The summed E-state index contributed by atoms with van der Waals surface area (Å²) in [4.78, 5) is 21.2. The molecule has 10 heteroatoms. The van der Waals surface area contributed by atoms with Gasteiger partial charge >= 0.3 is 5.69 Å². The Hall–Kier alpha value is -2.52. The first kappa shape index (κ1) is 19.2. The van der Waals surface area contributed by atoms with Crippen molar-refractivity contribution < 1.29 is 14.1 Å². The number of hydrogen-bond acceptors (Lipinski definition) is 7. The molecule has 2 atom stereocenters. The van der Waals surface area contributed by atoms with E-state index in [2.05, 4.69) is 15.3 Å². The van der Waals surface area contributed by atoms with E-state index in [9.17, 15) is 14.5 Å². The number of hydrogen-bond donors (Lipinski definition) is 1. The van der Waals surface area contributed by atoms with Crippen LogP contribution in [0.2, 0.25) is 5.02 Å². The van der Waals surface area contributed by atoms with Crippen molar-refractivity contribution in [1.82, 2.24) is 9.97 Å². The number of anilines is 2. The molecule has 0 amide bonds. The van der Waals surface area contributed by atoms with Gasteiger partial charge in [0.25, 0.3) is 0 Å². The lowest BCUT2D eigenvalue weighted by Gasteiger charge is -2.35. The smallest absolute Gasteiger partial charge is 0.353 e. The van der Waals surface area contributed by atoms with E-state index in [0.29, 0.717) is 18.7 Å². The first-order chi connectivity index (χ1) is 12.8. The van der Waals surface area contributed by atoms with Gasteiger partial charge in [0.15, 0.2) is 0 Å². The van der Waals surface area contributed by atoms with E-state index in [-0.39, 0.29) is 41.1 Å². The zero-order chi connectivity index (χ0) is 19.6. The van der Waals surface area contributed by atoms with E-state index in [1.54, 1.807) is 0 Å². The highest BCUT2D eigenvalue weighted by Crippen LogP contribution is 2.33. The Kier molecular flexibility index (Phi) is 5.71. The van der Waals surface area contributed by atoms with Gasteiger partial charge in [-0.2, -0.15) is 0 Å². The number of ether oxygens (including phenoxy) is 1. The SMILES string of the molecule is CC1CN(c2ncnc(NCc3ccc(F)cc3Cl)c2[N+](=O)[O-])CC(C)O1. The summed E-state index contributed by atoms with van der Waals surface area (Å²) in [5.41, 5.74) is 0.387. The largest absolute Gasteiger partial charge is 0.372 e. The fraction of sp³-hybridized carbons (Fsp3) is 0.412. The van der Waals surface area contributed by atoms with Crippen LogP contribution in [0.4, 0.5) is 21.7 Å². The van der Waals surface area contributed by atoms with Crippen molar-refractivity contribution >= 4 is 28.9 Å². The van der Waals surface area contributed by atoms with Crippen LogP contribution in [0.3, 0.4) is 0 Å². The molecule has 3 rings (SSSR count). The number of benzene rings is 1. The van der Waals surface area contributed by atoms with Gasteiger partial charge in [0, 0.05) is 24.7 Å². The summed E-state index contributed by atoms with van der Waals surface area (Å²) in [6.07, 6.45) is 1.14. The molecular weight excluding hydrogens is 377 g/mol. The van der Waals surface area contributed by atoms with Crippen LogP contribution in [-0.2, 0) is 11.3 Å². The summed E-state index contributed by atoms with van der Waals surface area (Å²) in [6.45, 7) is 4.96. The van der Waals surface area contributed by atoms with Crippen molar-refractivity contribution in [2.75, 3.05) is 23.3 Å². The highest BCUT2D eigenvalue weighted by molar-refractivity contribution is 6.31. The predicted octanol–water partition coefficient (Wildman–Crippen LogP) is 3.40. The standard InChI is InChI=1S/C17H19ClFN5O3/c1-10-7-23(8-11(2)27-10)17-15(24(25)26)16(21-9-22-17)20-6-12-3-4-13(19)5-14(12)18/h3-5,9-11H,6-8H2,1-2H3,(H,20,21,22). The monoisotopic (exact) mass is 395 g/mol. The molecule has 8 nitrogen and oxygen atoms in total. The second-order valence-electron chi connectivity index (χ2n) is 6.40. The first-order valence-electron chi connectivity index (χ1n) is 8.42. The van der Waals surface area contributed by atoms with Gasteiger partial charge in [-0.05, 0) is 31.5 Å². The van der Waals surface area contributed by atoms with Crippen molar-refractivity contribution in [1.29, 1.82) is 0 Å². The maximum Gasteiger partial charge on any atom is 0.353 e. The van der Waals surface area contributed by atoms with Crippen LogP contribution >= 0.6 is 11.6 Å². The molecule has 0 saturated carbocycles. The minimum atomic E-state index is -0.505. The molecular formula is C17H19ClFN5O3. The lowest BCUT2D eigenvalue weighted by molar-refractivity contribution is -0.383. The molecule has 1 aliphatic rings. The Morgan fingerprint density at radius 1 is 1.37 bits per heavy atom. The average Bonchev–Trinajstić information content (AvgIpc) is 2.59. The van der Waals surface area contributed by atoms with Gasteiger partial charge in [-0.3, -0.25) is 10.1 Å². The molecule has 0 bridgehead atoms. The Morgan fingerprint density at radius 2 is 2.07 bits per heavy atom. The van der Waals surface area contributed by atoms with E-state index < -0.39 is 10.7 Å². The van der Waals surface area contributed by atoms with Crippen LogP contribution in [0.1, 0.15) is 19.4 Å². The van der Waals surface area contributed by atoms with Gasteiger partial charge in [-0.25, -0.2) is 14.4 Å². The maximum absolute atomic E-state index is 13.2. The second kappa shape index (κ2) is 8.01. The fourth-order valence-electron chi connectivity index (χ4n) is 3.09. The van der Waals surface area contributed by atoms with Gasteiger partial charge in [0.05, 0.1) is 17.1 Å². The molecule has 1 aliphatic heterocycles. The lowest BCUT2D eigenvalue weighted by Crippen LogP contribution is -2.46. The highest BCUT2D eigenvalue weighted by atomic mass is 35.5. The maximum atomic E-state index is 13.2. The summed E-state index contributed by atoms with van der Waals surface area (Å²) < 4.78 is 18.9. The molecule has 2 unspecified atom stereocenters. The predicted molar refractivity (Wildman–Crippen MR) is 99.6 cm³/mol. The van der Waals surface area contributed by atoms with E-state index in [4.69, 9.17) is 16.3 Å². The average molecular weight is 396 g/mol. The molecule has 1 N–H and O–H groups in total. The van der Waals surface area contributed by atoms with Gasteiger partial charge in [0.1, 0.15) is 12.1 Å². The normalized spacial score (nSPS) is 19.8. The molecule has 1 aromatic heterocycles. The summed E-state index contributed by atoms with van der Waals surface area (Å²) in [7, 11) is 0. The number of aromatic nitrogens is 2. The fourth-order valence-corrected chi connectivity index (χ4v) is 3.33. The van der Waals surface area contributed by atoms with Crippen molar-refractivity contribution in [3.8, 4) is 0 Å². The second-order valence-corrected chi connectivity index (χ2v) is 6.81. The van der Waals surface area contributed by atoms with E-state index >= 15 is 0 Å². The third-order valence-electron chi connectivity index (χ3n) is 4.17. The molecule has 1 fully saturated rings. The van der Waals surface area contributed by atoms with E-state index in [1.165, 1.54) is 24.5 Å². The summed E-state index contributed by atoms with van der Waals surface area (Å²) in [5.74, 6) is -0.128. The quantitative estimate of drug-likeness (QED) is 0.612. The zero-order valence-electron chi connectivity index (χ0n) is 14.9. The van der Waals surface area contributed by atoms with Crippen LogP contribution in [0.5, 0.6) is 0 Å². The summed E-state index contributed by atoms with van der Waals surface area (Å²) in [5, 5.41) is 14.9. The Balaban J connectivity index is 1.88. The molecule has 2 heterocycles. The molecule has 27 heavy (non-hydrogen) atoms. The van der Waals surface area contributed by atoms with Gasteiger partial charge < -0.3 is 15.0 Å². The number of halogens is 2. The topological polar surface area (TPSA) is 93.4 Å². The first-order valence-corrected chi connectivity index (χ1v) is 8.80. The number of morpholine rings is 1. The molecule has 0 aliphatic carbocycles. The van der Waals surface area contributed by atoms with Crippen molar-refractivity contribution in [2.24, 2.45) is 0 Å². The van der Waals surface area contributed by atoms with Crippen LogP contribution in [0.15, 0.2) is 24.5 Å². The third kappa shape index (κ3) is 4.42. The highest BCUT2D eigenvalue weighted by Gasteiger charge is 2.31. The Labute approximate surface area is 160 Å². The lowest BCUT2D eigenvalue weighted by atomic mass is 10.2. The van der Waals surface area contributed by atoms with Crippen LogP contribution in [0.25, 0.3) is 0 Å². The summed E-state index contributed by atoms with van der Waals surface area (Å²) in [6, 6.07) is 3.98. The van der Waals surface area contributed by atoms with Crippen molar-refractivity contribution in [2.45, 2.75) is 32.6 Å². The molecule has 2 aromatic rings. The van der Waals surface area contributed by atoms with Crippen LogP contribution in [-0.4, -0.2) is 40.2 Å². The van der Waals surface area contributed by atoms with E-state index in [0.717, 1.165) is 0 Å².